The predicted octanol–water partition coefficient (Wildman–Crippen LogP) is 2.06. The topological polar surface area (TPSA) is 49.8 Å². The molecule has 1 N–H and O–H groups in total. The van der Waals surface area contributed by atoms with Gasteiger partial charge in [-0.3, -0.25) is 4.90 Å². The highest BCUT2D eigenvalue weighted by Gasteiger charge is 2.23. The smallest absolute Gasteiger partial charge is 0.346 e. The lowest BCUT2D eigenvalue weighted by molar-refractivity contribution is -0.0704. The molecule has 2 heterocycles. The van der Waals surface area contributed by atoms with Crippen molar-refractivity contribution in [1.82, 2.24) is 4.90 Å². The molecule has 1 saturated heterocycles. The van der Waals surface area contributed by atoms with Crippen LogP contribution in [0.2, 0.25) is 0 Å². The van der Waals surface area contributed by atoms with E-state index in [0.29, 0.717) is 11.4 Å². The number of ether oxygens (including phenoxy) is 1. The Morgan fingerprint density at radius 3 is 2.76 bits per heavy atom. The van der Waals surface area contributed by atoms with E-state index in [2.05, 4.69) is 4.90 Å². The summed E-state index contributed by atoms with van der Waals surface area (Å²) in [5.41, 5.74) is 0.906. The van der Waals surface area contributed by atoms with Crippen LogP contribution in [0.5, 0.6) is 0 Å². The Hall–Kier alpha value is -0.910. The summed E-state index contributed by atoms with van der Waals surface area (Å²) in [6, 6.07) is 1.90. The third-order valence-corrected chi connectivity index (χ3v) is 3.77. The molecule has 1 fully saturated rings. The molecule has 1 aromatic heterocycles. The van der Waals surface area contributed by atoms with Gasteiger partial charge in [-0.1, -0.05) is 0 Å². The highest BCUT2D eigenvalue weighted by molar-refractivity contribution is 7.12. The second kappa shape index (κ2) is 5.16. The van der Waals surface area contributed by atoms with E-state index in [4.69, 9.17) is 9.84 Å². The molecule has 0 amide bonds. The summed E-state index contributed by atoms with van der Waals surface area (Å²) in [4.78, 5) is 13.7. The summed E-state index contributed by atoms with van der Waals surface area (Å²) < 4.78 is 5.66. The van der Waals surface area contributed by atoms with Gasteiger partial charge in [0.2, 0.25) is 0 Å². The molecule has 0 aromatic carbocycles. The summed E-state index contributed by atoms with van der Waals surface area (Å²) in [7, 11) is 0. The number of morpholine rings is 1. The van der Waals surface area contributed by atoms with E-state index in [9.17, 15) is 4.79 Å². The number of hydrogen-bond donors (Lipinski definition) is 1. The second-order valence-electron chi connectivity index (χ2n) is 4.53. The minimum absolute atomic E-state index is 0.214. The Bertz CT molecular complexity index is 394. The minimum Gasteiger partial charge on any atom is -0.477 e. The van der Waals surface area contributed by atoms with E-state index in [1.165, 1.54) is 11.3 Å². The minimum atomic E-state index is -0.829. The Kier molecular flexibility index (Phi) is 3.81. The van der Waals surface area contributed by atoms with Crippen molar-refractivity contribution in [2.24, 2.45) is 0 Å². The molecule has 0 bridgehead atoms. The summed E-state index contributed by atoms with van der Waals surface area (Å²) in [6.07, 6.45) is 0.427. The first kappa shape index (κ1) is 12.5. The van der Waals surface area contributed by atoms with Crippen molar-refractivity contribution in [3.63, 3.8) is 0 Å². The molecule has 1 aliphatic rings. The van der Waals surface area contributed by atoms with Crippen molar-refractivity contribution in [3.05, 3.63) is 21.9 Å². The fraction of sp³-hybridized carbons (Fsp3) is 0.583. The summed E-state index contributed by atoms with van der Waals surface area (Å²) in [5, 5.41) is 10.9. The summed E-state index contributed by atoms with van der Waals surface area (Å²) >= 11 is 1.29. The van der Waals surface area contributed by atoms with Crippen LogP contribution in [0.15, 0.2) is 11.4 Å². The fourth-order valence-electron chi connectivity index (χ4n) is 2.30. The van der Waals surface area contributed by atoms with Gasteiger partial charge in [-0.2, -0.15) is 0 Å². The Morgan fingerprint density at radius 2 is 2.18 bits per heavy atom. The van der Waals surface area contributed by atoms with Crippen LogP contribution in [0.1, 0.15) is 29.1 Å². The van der Waals surface area contributed by atoms with Crippen molar-refractivity contribution < 1.29 is 14.6 Å². The van der Waals surface area contributed by atoms with Crippen LogP contribution in [0, 0.1) is 0 Å². The van der Waals surface area contributed by atoms with Crippen LogP contribution in [-0.2, 0) is 11.3 Å². The first-order chi connectivity index (χ1) is 8.06. The standard InChI is InChI=1S/C12H17NO3S/c1-8-5-13(6-9(2)16-8)7-10-3-4-17-11(10)12(14)15/h3-4,8-9H,5-7H2,1-2H3,(H,14,15)/t8-,9+. The molecule has 1 aromatic rings. The van der Waals surface area contributed by atoms with Gasteiger partial charge in [0.1, 0.15) is 4.88 Å². The zero-order chi connectivity index (χ0) is 12.4. The van der Waals surface area contributed by atoms with E-state index in [1.54, 1.807) is 0 Å². The second-order valence-corrected chi connectivity index (χ2v) is 5.45. The van der Waals surface area contributed by atoms with Gasteiger partial charge in [-0.05, 0) is 30.9 Å². The van der Waals surface area contributed by atoms with Crippen molar-refractivity contribution in [1.29, 1.82) is 0 Å². The molecule has 0 radical (unpaired) electrons. The molecule has 17 heavy (non-hydrogen) atoms. The van der Waals surface area contributed by atoms with E-state index in [1.807, 2.05) is 25.3 Å². The maximum atomic E-state index is 11.0. The van der Waals surface area contributed by atoms with Crippen molar-refractivity contribution >= 4 is 17.3 Å². The van der Waals surface area contributed by atoms with Crippen LogP contribution in [0.25, 0.3) is 0 Å². The average molecular weight is 255 g/mol. The van der Waals surface area contributed by atoms with E-state index >= 15 is 0 Å². The summed E-state index contributed by atoms with van der Waals surface area (Å²) in [6.45, 7) is 6.52. The highest BCUT2D eigenvalue weighted by Crippen LogP contribution is 2.20. The number of thiophene rings is 1. The Labute approximate surface area is 105 Å². The normalized spacial score (nSPS) is 26.0. The number of nitrogens with zero attached hydrogens (tertiary/aromatic N) is 1. The van der Waals surface area contributed by atoms with Gasteiger partial charge >= 0.3 is 5.97 Å². The Balaban J connectivity index is 2.05. The number of carboxylic acid groups (broad SMARTS) is 1. The third kappa shape index (κ3) is 3.06. The largest absolute Gasteiger partial charge is 0.477 e. The number of rotatable bonds is 3. The zero-order valence-electron chi connectivity index (χ0n) is 10.0. The van der Waals surface area contributed by atoms with Gasteiger partial charge in [0.25, 0.3) is 0 Å². The molecule has 0 aliphatic carbocycles. The molecule has 1 aliphatic heterocycles. The van der Waals surface area contributed by atoms with Crippen LogP contribution in [0.3, 0.4) is 0 Å². The van der Waals surface area contributed by atoms with E-state index < -0.39 is 5.97 Å². The van der Waals surface area contributed by atoms with Crippen molar-refractivity contribution in [3.8, 4) is 0 Å². The molecule has 0 spiro atoms. The zero-order valence-corrected chi connectivity index (χ0v) is 10.9. The SMILES string of the molecule is C[C@@H]1CN(Cc2ccsc2C(=O)O)C[C@H](C)O1. The molecule has 0 saturated carbocycles. The quantitative estimate of drug-likeness (QED) is 0.898. The number of carbonyl (C=O) groups is 1. The maximum absolute atomic E-state index is 11.0. The van der Waals surface area contributed by atoms with Crippen molar-refractivity contribution in [2.75, 3.05) is 13.1 Å². The van der Waals surface area contributed by atoms with Gasteiger partial charge in [-0.15, -0.1) is 11.3 Å². The lowest BCUT2D eigenvalue weighted by Crippen LogP contribution is -2.44. The van der Waals surface area contributed by atoms with Gasteiger partial charge in [0, 0.05) is 19.6 Å². The van der Waals surface area contributed by atoms with Gasteiger partial charge < -0.3 is 9.84 Å². The molecular weight excluding hydrogens is 238 g/mol. The Morgan fingerprint density at radius 1 is 1.53 bits per heavy atom. The van der Waals surface area contributed by atoms with Gasteiger partial charge in [0.15, 0.2) is 0 Å². The fourth-order valence-corrected chi connectivity index (χ4v) is 3.06. The average Bonchev–Trinajstić information content (AvgIpc) is 2.63. The molecule has 5 heteroatoms. The van der Waals surface area contributed by atoms with Crippen LogP contribution >= 0.6 is 11.3 Å². The van der Waals surface area contributed by atoms with E-state index in [-0.39, 0.29) is 12.2 Å². The molecular formula is C12H17NO3S. The molecule has 94 valence electrons. The lowest BCUT2D eigenvalue weighted by atomic mass is 10.2. The number of carboxylic acids is 1. The number of aromatic carboxylic acids is 1. The van der Waals surface area contributed by atoms with Gasteiger partial charge in [0.05, 0.1) is 12.2 Å². The highest BCUT2D eigenvalue weighted by atomic mass is 32.1. The summed E-state index contributed by atoms with van der Waals surface area (Å²) in [5.74, 6) is -0.829. The molecule has 4 nitrogen and oxygen atoms in total. The molecule has 2 atom stereocenters. The molecule has 0 unspecified atom stereocenters. The van der Waals surface area contributed by atoms with Crippen molar-refractivity contribution in [2.45, 2.75) is 32.6 Å². The first-order valence-electron chi connectivity index (χ1n) is 5.73. The van der Waals surface area contributed by atoms with E-state index in [0.717, 1.165) is 18.7 Å². The lowest BCUT2D eigenvalue weighted by Gasteiger charge is -2.35. The number of hydrogen-bond acceptors (Lipinski definition) is 4. The van der Waals surface area contributed by atoms with Crippen LogP contribution in [0.4, 0.5) is 0 Å². The third-order valence-electron chi connectivity index (χ3n) is 2.83. The molecule has 2 rings (SSSR count). The van der Waals surface area contributed by atoms with Crippen LogP contribution < -0.4 is 0 Å². The monoisotopic (exact) mass is 255 g/mol. The van der Waals surface area contributed by atoms with Gasteiger partial charge in [-0.25, -0.2) is 4.79 Å². The first-order valence-corrected chi connectivity index (χ1v) is 6.61. The maximum Gasteiger partial charge on any atom is 0.346 e. The van der Waals surface area contributed by atoms with Crippen LogP contribution in [-0.4, -0.2) is 41.3 Å². The predicted molar refractivity (Wildman–Crippen MR) is 66.6 cm³/mol.